The number of hydrogen-bond acceptors (Lipinski definition) is 2. The Morgan fingerprint density at radius 3 is 3.10 bits per heavy atom. The first-order valence-corrected chi connectivity index (χ1v) is 6.58. The third-order valence-corrected chi connectivity index (χ3v) is 3.28. The second-order valence-electron chi connectivity index (χ2n) is 4.28. The molecule has 0 saturated heterocycles. The molecule has 0 bridgehead atoms. The molecule has 0 fully saturated rings. The highest BCUT2D eigenvalue weighted by atomic mass is 79.9. The summed E-state index contributed by atoms with van der Waals surface area (Å²) in [5.41, 5.74) is 1.97. The summed E-state index contributed by atoms with van der Waals surface area (Å²) in [6.07, 6.45) is 4.20. The van der Waals surface area contributed by atoms with Crippen molar-refractivity contribution in [1.29, 1.82) is 0 Å². The van der Waals surface area contributed by atoms with E-state index in [1.165, 1.54) is 0 Å². The van der Waals surface area contributed by atoms with Crippen LogP contribution in [0.15, 0.2) is 41.3 Å². The molecule has 0 atom stereocenters. The van der Waals surface area contributed by atoms with Crippen molar-refractivity contribution in [3.05, 3.63) is 52.5 Å². The number of hydrogen-bond donors (Lipinski definition) is 1. The molecule has 7 heteroatoms. The zero-order chi connectivity index (χ0) is 14.1. The van der Waals surface area contributed by atoms with Crippen LogP contribution in [0.4, 0.5) is 8.78 Å². The standard InChI is InChI=1S/C13H9BrF2N4/c14-9-4-10-11(18-19-13(10)17-5-9)7-20-2-1-8(6-20)3-12(15)16/h1-6H,7H2,(H,17,18,19). The van der Waals surface area contributed by atoms with E-state index in [2.05, 4.69) is 31.1 Å². The quantitative estimate of drug-likeness (QED) is 0.789. The SMILES string of the molecule is FC(F)=Cc1ccn(Cc2[nH]nc3ncc(Br)cc23)c1. The number of fused-ring (bicyclic) bond motifs is 1. The molecule has 0 spiro atoms. The summed E-state index contributed by atoms with van der Waals surface area (Å²) in [4.78, 5) is 4.18. The van der Waals surface area contributed by atoms with Crippen LogP contribution in [0.25, 0.3) is 17.1 Å². The Kier molecular flexibility index (Phi) is 3.35. The van der Waals surface area contributed by atoms with Crippen LogP contribution in [-0.2, 0) is 6.54 Å². The number of nitrogens with zero attached hydrogens (tertiary/aromatic N) is 3. The zero-order valence-electron chi connectivity index (χ0n) is 10.1. The minimum Gasteiger partial charge on any atom is -0.348 e. The maximum atomic E-state index is 12.2. The fourth-order valence-corrected chi connectivity index (χ4v) is 2.33. The van der Waals surface area contributed by atoms with Gasteiger partial charge in [0.1, 0.15) is 0 Å². The van der Waals surface area contributed by atoms with Crippen molar-refractivity contribution in [1.82, 2.24) is 19.7 Å². The van der Waals surface area contributed by atoms with Crippen molar-refractivity contribution in [3.8, 4) is 0 Å². The van der Waals surface area contributed by atoms with Crippen LogP contribution in [0.5, 0.6) is 0 Å². The summed E-state index contributed by atoms with van der Waals surface area (Å²) in [6, 6.07) is 3.55. The molecular formula is C13H9BrF2N4. The second kappa shape index (κ2) is 5.16. The molecule has 0 saturated carbocycles. The van der Waals surface area contributed by atoms with E-state index in [1.54, 1.807) is 24.7 Å². The van der Waals surface area contributed by atoms with E-state index in [4.69, 9.17) is 0 Å². The average molecular weight is 339 g/mol. The zero-order valence-corrected chi connectivity index (χ0v) is 11.7. The van der Waals surface area contributed by atoms with Crippen LogP contribution in [0.1, 0.15) is 11.3 Å². The van der Waals surface area contributed by atoms with E-state index in [0.717, 1.165) is 21.6 Å². The van der Waals surface area contributed by atoms with Gasteiger partial charge in [0, 0.05) is 34.5 Å². The highest BCUT2D eigenvalue weighted by molar-refractivity contribution is 9.10. The van der Waals surface area contributed by atoms with E-state index in [-0.39, 0.29) is 0 Å². The van der Waals surface area contributed by atoms with Crippen LogP contribution in [-0.4, -0.2) is 19.7 Å². The lowest BCUT2D eigenvalue weighted by atomic mass is 10.2. The normalized spacial score (nSPS) is 10.9. The maximum absolute atomic E-state index is 12.2. The molecule has 0 unspecified atom stereocenters. The fraction of sp³-hybridized carbons (Fsp3) is 0.0769. The molecule has 3 heterocycles. The van der Waals surface area contributed by atoms with Crippen molar-refractivity contribution < 1.29 is 8.78 Å². The van der Waals surface area contributed by atoms with Crippen molar-refractivity contribution >= 4 is 33.0 Å². The maximum Gasteiger partial charge on any atom is 0.270 e. The topological polar surface area (TPSA) is 46.5 Å². The third-order valence-electron chi connectivity index (χ3n) is 2.84. The van der Waals surface area contributed by atoms with Gasteiger partial charge in [-0.3, -0.25) is 5.10 Å². The summed E-state index contributed by atoms with van der Waals surface area (Å²) in [7, 11) is 0. The lowest BCUT2D eigenvalue weighted by molar-refractivity contribution is 0.429. The molecule has 3 aromatic heterocycles. The predicted octanol–water partition coefficient (Wildman–Crippen LogP) is 3.81. The minimum atomic E-state index is -1.71. The van der Waals surface area contributed by atoms with Crippen LogP contribution in [0, 0.1) is 0 Å². The van der Waals surface area contributed by atoms with Gasteiger partial charge in [0.25, 0.3) is 6.08 Å². The first kappa shape index (κ1) is 13.0. The molecule has 1 N–H and O–H groups in total. The van der Waals surface area contributed by atoms with Crippen LogP contribution >= 0.6 is 15.9 Å². The Morgan fingerprint density at radius 1 is 1.45 bits per heavy atom. The second-order valence-corrected chi connectivity index (χ2v) is 5.19. The first-order valence-electron chi connectivity index (χ1n) is 5.79. The van der Waals surface area contributed by atoms with E-state index in [1.807, 2.05) is 10.6 Å². The van der Waals surface area contributed by atoms with Gasteiger partial charge in [-0.1, -0.05) is 0 Å². The number of halogens is 3. The molecule has 0 aromatic carbocycles. The third kappa shape index (κ3) is 2.62. The Balaban J connectivity index is 1.91. The predicted molar refractivity (Wildman–Crippen MR) is 75.3 cm³/mol. The number of nitrogens with one attached hydrogen (secondary N) is 1. The van der Waals surface area contributed by atoms with Crippen LogP contribution < -0.4 is 0 Å². The van der Waals surface area contributed by atoms with Gasteiger partial charge < -0.3 is 4.57 Å². The molecule has 0 aliphatic carbocycles. The van der Waals surface area contributed by atoms with Gasteiger partial charge >= 0.3 is 0 Å². The van der Waals surface area contributed by atoms with Crippen molar-refractivity contribution in [2.24, 2.45) is 0 Å². The number of pyridine rings is 1. The van der Waals surface area contributed by atoms with Gasteiger partial charge in [-0.25, -0.2) is 4.98 Å². The van der Waals surface area contributed by atoms with E-state index < -0.39 is 6.08 Å². The van der Waals surface area contributed by atoms with Crippen molar-refractivity contribution in [2.45, 2.75) is 6.54 Å². The Labute approximate surface area is 121 Å². The monoisotopic (exact) mass is 338 g/mol. The van der Waals surface area contributed by atoms with Gasteiger partial charge in [0.2, 0.25) is 0 Å². The lowest BCUT2D eigenvalue weighted by Crippen LogP contribution is -1.97. The first-order chi connectivity index (χ1) is 9.61. The summed E-state index contributed by atoms with van der Waals surface area (Å²) in [5.74, 6) is 0. The average Bonchev–Trinajstić information content (AvgIpc) is 2.97. The Bertz CT molecular complexity index is 787. The van der Waals surface area contributed by atoms with Gasteiger partial charge in [-0.2, -0.15) is 13.9 Å². The van der Waals surface area contributed by atoms with Crippen LogP contribution in [0.3, 0.4) is 0 Å². The fourth-order valence-electron chi connectivity index (χ4n) is 2.00. The molecule has 3 rings (SSSR count). The molecule has 0 amide bonds. The highest BCUT2D eigenvalue weighted by Gasteiger charge is 2.07. The molecule has 102 valence electrons. The number of rotatable bonds is 3. The molecule has 0 radical (unpaired) electrons. The number of aromatic nitrogens is 4. The summed E-state index contributed by atoms with van der Waals surface area (Å²) in [5, 5.41) is 7.94. The molecule has 4 nitrogen and oxygen atoms in total. The molecule has 0 aliphatic rings. The Hall–Kier alpha value is -2.02. The van der Waals surface area contributed by atoms with Crippen molar-refractivity contribution in [3.63, 3.8) is 0 Å². The summed E-state index contributed by atoms with van der Waals surface area (Å²) >= 11 is 3.37. The lowest BCUT2D eigenvalue weighted by Gasteiger charge is -2.00. The molecular weight excluding hydrogens is 330 g/mol. The van der Waals surface area contributed by atoms with Gasteiger partial charge in [0.05, 0.1) is 12.2 Å². The van der Waals surface area contributed by atoms with E-state index in [9.17, 15) is 8.78 Å². The van der Waals surface area contributed by atoms with Gasteiger partial charge in [0.15, 0.2) is 5.65 Å². The highest BCUT2D eigenvalue weighted by Crippen LogP contribution is 2.20. The summed E-state index contributed by atoms with van der Waals surface area (Å²) in [6.45, 7) is 0.510. The van der Waals surface area contributed by atoms with E-state index >= 15 is 0 Å². The smallest absolute Gasteiger partial charge is 0.270 e. The number of aromatic amines is 1. The van der Waals surface area contributed by atoms with Crippen molar-refractivity contribution in [2.75, 3.05) is 0 Å². The Morgan fingerprint density at radius 2 is 2.30 bits per heavy atom. The largest absolute Gasteiger partial charge is 0.348 e. The van der Waals surface area contributed by atoms with E-state index in [0.29, 0.717) is 17.8 Å². The molecule has 20 heavy (non-hydrogen) atoms. The summed E-state index contributed by atoms with van der Waals surface area (Å²) < 4.78 is 27.0. The molecule has 0 aliphatic heterocycles. The number of H-pyrrole nitrogens is 1. The molecule has 3 aromatic rings. The van der Waals surface area contributed by atoms with Crippen LogP contribution in [0.2, 0.25) is 0 Å². The minimum absolute atomic E-state index is 0.466. The van der Waals surface area contributed by atoms with Gasteiger partial charge in [-0.05, 0) is 33.6 Å². The van der Waals surface area contributed by atoms with Gasteiger partial charge in [-0.15, -0.1) is 0 Å².